The zero-order valence-corrected chi connectivity index (χ0v) is 17.4. The normalized spacial score (nSPS) is 55.0. The molecule has 0 amide bonds. The molecule has 0 radical (unpaired) electrons. The summed E-state index contributed by atoms with van der Waals surface area (Å²) in [7, 11) is 0. The van der Waals surface area contributed by atoms with E-state index in [0.717, 1.165) is 0 Å². The van der Waals surface area contributed by atoms with Crippen LogP contribution in [0.1, 0.15) is 13.8 Å². The highest BCUT2D eigenvalue weighted by atomic mass is 16.8. The molecule has 3 fully saturated rings. The van der Waals surface area contributed by atoms with Crippen molar-refractivity contribution in [3.63, 3.8) is 0 Å². The minimum absolute atomic E-state index is 0.714. The molecule has 0 aromatic rings. The molecular weight excluding hydrogens is 440 g/mol. The van der Waals surface area contributed by atoms with E-state index in [4.69, 9.17) is 23.7 Å². The molecule has 3 aliphatic heterocycles. The molecule has 3 heterocycles. The Morgan fingerprint density at radius 3 is 1.66 bits per heavy atom. The first-order valence-electron chi connectivity index (χ1n) is 10.3. The van der Waals surface area contributed by atoms with E-state index in [0.29, 0.717) is 0 Å². The van der Waals surface area contributed by atoms with Crippen molar-refractivity contribution in [3.05, 3.63) is 0 Å². The average Bonchev–Trinajstić information content (AvgIpc) is 2.76. The fourth-order valence-electron chi connectivity index (χ4n) is 3.92. The molecular formula is C18H32O14. The van der Waals surface area contributed by atoms with Crippen LogP contribution in [-0.2, 0) is 23.7 Å². The molecule has 0 aromatic heterocycles. The van der Waals surface area contributed by atoms with Gasteiger partial charge in [0.1, 0.15) is 61.0 Å². The highest BCUT2D eigenvalue weighted by Gasteiger charge is 2.52. The van der Waals surface area contributed by atoms with Crippen LogP contribution in [0, 0.1) is 0 Å². The zero-order chi connectivity index (χ0) is 23.9. The minimum atomic E-state index is -1.80. The van der Waals surface area contributed by atoms with Crippen LogP contribution in [0.25, 0.3) is 0 Å². The minimum Gasteiger partial charge on any atom is -0.394 e. The number of hydrogen-bond donors (Lipinski definition) is 9. The third-order valence-electron chi connectivity index (χ3n) is 6.02. The molecule has 32 heavy (non-hydrogen) atoms. The van der Waals surface area contributed by atoms with Gasteiger partial charge in [0.05, 0.1) is 18.8 Å². The van der Waals surface area contributed by atoms with Crippen LogP contribution in [0.3, 0.4) is 0 Å². The Morgan fingerprint density at radius 1 is 0.562 bits per heavy atom. The molecule has 0 aliphatic carbocycles. The van der Waals surface area contributed by atoms with Crippen molar-refractivity contribution in [2.75, 3.05) is 6.61 Å². The lowest BCUT2D eigenvalue weighted by molar-refractivity contribution is -0.384. The molecule has 0 bridgehead atoms. The van der Waals surface area contributed by atoms with Crippen LogP contribution in [-0.4, -0.2) is 145 Å². The van der Waals surface area contributed by atoms with Gasteiger partial charge in [0, 0.05) is 0 Å². The van der Waals surface area contributed by atoms with Crippen molar-refractivity contribution in [1.82, 2.24) is 0 Å². The van der Waals surface area contributed by atoms with E-state index in [1.165, 1.54) is 13.8 Å². The number of aliphatic hydroxyl groups is 9. The van der Waals surface area contributed by atoms with Gasteiger partial charge in [-0.05, 0) is 13.8 Å². The fraction of sp³-hybridized carbons (Fsp3) is 1.00. The fourth-order valence-corrected chi connectivity index (χ4v) is 3.92. The molecule has 14 nitrogen and oxygen atoms in total. The van der Waals surface area contributed by atoms with E-state index < -0.39 is 98.7 Å². The summed E-state index contributed by atoms with van der Waals surface area (Å²) in [6.07, 6.45) is -22.6. The molecule has 188 valence electrons. The second-order valence-corrected chi connectivity index (χ2v) is 8.30. The maximum Gasteiger partial charge on any atom is 0.187 e. The van der Waals surface area contributed by atoms with E-state index in [1.807, 2.05) is 0 Å². The summed E-state index contributed by atoms with van der Waals surface area (Å²) < 4.78 is 27.0. The molecule has 9 N–H and O–H groups in total. The third kappa shape index (κ3) is 4.94. The second kappa shape index (κ2) is 10.4. The van der Waals surface area contributed by atoms with Crippen molar-refractivity contribution in [2.24, 2.45) is 0 Å². The first-order valence-corrected chi connectivity index (χ1v) is 10.3. The van der Waals surface area contributed by atoms with Crippen LogP contribution in [0.5, 0.6) is 0 Å². The molecule has 0 spiro atoms. The van der Waals surface area contributed by atoms with Crippen molar-refractivity contribution in [3.8, 4) is 0 Å². The first kappa shape index (κ1) is 26.1. The lowest BCUT2D eigenvalue weighted by Crippen LogP contribution is -2.66. The summed E-state index contributed by atoms with van der Waals surface area (Å²) in [4.78, 5) is 0. The van der Waals surface area contributed by atoms with Gasteiger partial charge in [-0.3, -0.25) is 0 Å². The topological polar surface area (TPSA) is 228 Å². The smallest absolute Gasteiger partial charge is 0.187 e. The predicted octanol–water partition coefficient (Wildman–Crippen LogP) is -5.52. The van der Waals surface area contributed by atoms with Crippen LogP contribution in [0.15, 0.2) is 0 Å². The number of ether oxygens (including phenoxy) is 5. The summed E-state index contributed by atoms with van der Waals surface area (Å²) >= 11 is 0. The predicted molar refractivity (Wildman–Crippen MR) is 98.4 cm³/mol. The molecule has 3 saturated heterocycles. The van der Waals surface area contributed by atoms with Gasteiger partial charge >= 0.3 is 0 Å². The molecule has 3 rings (SSSR count). The largest absolute Gasteiger partial charge is 0.394 e. The van der Waals surface area contributed by atoms with Crippen molar-refractivity contribution < 1.29 is 69.6 Å². The second-order valence-electron chi connectivity index (χ2n) is 8.30. The van der Waals surface area contributed by atoms with Gasteiger partial charge in [-0.25, -0.2) is 0 Å². The molecule has 0 aromatic carbocycles. The Kier molecular flexibility index (Phi) is 8.44. The van der Waals surface area contributed by atoms with Crippen LogP contribution < -0.4 is 0 Å². The van der Waals surface area contributed by atoms with Crippen molar-refractivity contribution in [2.45, 2.75) is 106 Å². The summed E-state index contributed by atoms with van der Waals surface area (Å²) in [5, 5.41) is 90.4. The van der Waals surface area contributed by atoms with Gasteiger partial charge in [0.15, 0.2) is 18.9 Å². The van der Waals surface area contributed by atoms with E-state index in [-0.39, 0.29) is 0 Å². The Labute approximate surface area is 183 Å². The highest BCUT2D eigenvalue weighted by Crippen LogP contribution is 2.32. The first-order chi connectivity index (χ1) is 15.0. The number of hydrogen-bond acceptors (Lipinski definition) is 14. The summed E-state index contributed by atoms with van der Waals surface area (Å²) in [6, 6.07) is 0. The zero-order valence-electron chi connectivity index (χ0n) is 17.4. The Morgan fingerprint density at radius 2 is 1.06 bits per heavy atom. The van der Waals surface area contributed by atoms with E-state index in [1.54, 1.807) is 0 Å². The number of rotatable bonds is 5. The monoisotopic (exact) mass is 472 g/mol. The SMILES string of the molecule is C[C@@H]1OC(O)[C@H](O[C@H]2O[C@H](CO)[C@@H](O)[C@H](O)[C@@H]2O)[C@H](O[C@H]2O[C@@H](C)[C@@H](O)[C@@H](O)[C@@H]2O)[C@H]1O. The lowest BCUT2D eigenvalue weighted by Gasteiger charge is -2.47. The Hall–Kier alpha value is -0.560. The van der Waals surface area contributed by atoms with Gasteiger partial charge < -0.3 is 69.6 Å². The lowest BCUT2D eigenvalue weighted by atomic mass is 9.96. The number of aliphatic hydroxyl groups excluding tert-OH is 9. The van der Waals surface area contributed by atoms with E-state index in [2.05, 4.69) is 0 Å². The van der Waals surface area contributed by atoms with Crippen LogP contribution >= 0.6 is 0 Å². The van der Waals surface area contributed by atoms with Gasteiger partial charge in [0.2, 0.25) is 0 Å². The van der Waals surface area contributed by atoms with Crippen LogP contribution in [0.2, 0.25) is 0 Å². The molecule has 3 aliphatic rings. The van der Waals surface area contributed by atoms with Crippen molar-refractivity contribution >= 4 is 0 Å². The Bertz CT molecular complexity index is 608. The van der Waals surface area contributed by atoms with Gasteiger partial charge in [0.25, 0.3) is 0 Å². The highest BCUT2D eigenvalue weighted by molar-refractivity contribution is 4.95. The maximum atomic E-state index is 10.6. The Balaban J connectivity index is 1.79. The standard InChI is InChI=1S/C18H32O14/c1-4-7(20)10(23)12(25)17(29-4)31-14-8(21)5(2)28-16(27)15(14)32-18-13(26)11(24)9(22)6(3-19)30-18/h4-27H,3H2,1-2H3/t4-,5-,6+,7+,8-,9+,10+,11-,12-,13-,14+,15+,16?,17+,18+/m0/s1. The third-order valence-corrected chi connectivity index (χ3v) is 6.02. The maximum absolute atomic E-state index is 10.6. The van der Waals surface area contributed by atoms with Crippen LogP contribution in [0.4, 0.5) is 0 Å². The molecule has 1 unspecified atom stereocenters. The van der Waals surface area contributed by atoms with E-state index in [9.17, 15) is 46.0 Å². The molecule has 14 heteroatoms. The van der Waals surface area contributed by atoms with Gasteiger partial charge in [-0.15, -0.1) is 0 Å². The van der Waals surface area contributed by atoms with Gasteiger partial charge in [-0.2, -0.15) is 0 Å². The molecule has 15 atom stereocenters. The quantitative estimate of drug-likeness (QED) is 0.182. The summed E-state index contributed by atoms with van der Waals surface area (Å²) in [6.45, 7) is 2.14. The van der Waals surface area contributed by atoms with Crippen molar-refractivity contribution in [1.29, 1.82) is 0 Å². The summed E-state index contributed by atoms with van der Waals surface area (Å²) in [5.74, 6) is 0. The van der Waals surface area contributed by atoms with E-state index >= 15 is 0 Å². The summed E-state index contributed by atoms with van der Waals surface area (Å²) in [5.41, 5.74) is 0. The molecule has 0 saturated carbocycles. The average molecular weight is 472 g/mol. The van der Waals surface area contributed by atoms with Gasteiger partial charge in [-0.1, -0.05) is 0 Å².